The average Bonchev–Trinajstić information content (AvgIpc) is 2.44. The van der Waals surface area contributed by atoms with Crippen LogP contribution in [0, 0.1) is 17.5 Å². The second-order valence-corrected chi connectivity index (χ2v) is 4.75. The van der Waals surface area contributed by atoms with Crippen molar-refractivity contribution in [1.29, 1.82) is 0 Å². The molecule has 6 heteroatoms. The van der Waals surface area contributed by atoms with Crippen molar-refractivity contribution in [2.24, 2.45) is 0 Å². The lowest BCUT2D eigenvalue weighted by Gasteiger charge is -2.16. The van der Waals surface area contributed by atoms with E-state index in [2.05, 4.69) is 5.32 Å². The Bertz CT molecular complexity index is 684. The second-order valence-electron chi connectivity index (χ2n) is 4.75. The van der Waals surface area contributed by atoms with Crippen LogP contribution in [0.1, 0.15) is 28.9 Å². The van der Waals surface area contributed by atoms with E-state index in [-0.39, 0.29) is 17.8 Å². The molecule has 0 saturated heterocycles. The van der Waals surface area contributed by atoms with E-state index in [0.29, 0.717) is 0 Å². The molecule has 0 aliphatic heterocycles. The lowest BCUT2D eigenvalue weighted by atomic mass is 10.1. The third-order valence-corrected chi connectivity index (χ3v) is 3.18. The van der Waals surface area contributed by atoms with Crippen LogP contribution in [0.25, 0.3) is 0 Å². The van der Waals surface area contributed by atoms with Crippen molar-refractivity contribution in [3.05, 3.63) is 65.0 Å². The maximum atomic E-state index is 13.6. The van der Waals surface area contributed by atoms with Crippen molar-refractivity contribution in [3.63, 3.8) is 0 Å². The van der Waals surface area contributed by atoms with Crippen molar-refractivity contribution < 1.29 is 23.1 Å². The SMILES string of the molecule is CC(=O)c1c(F)cccc1NCC(O)c1c(F)cccc1F. The molecule has 0 aliphatic rings. The number of anilines is 1. The minimum atomic E-state index is -1.48. The molecule has 0 radical (unpaired) electrons. The zero-order valence-corrected chi connectivity index (χ0v) is 11.7. The first kappa shape index (κ1) is 16.0. The summed E-state index contributed by atoms with van der Waals surface area (Å²) in [6.45, 7) is 0.929. The van der Waals surface area contributed by atoms with E-state index >= 15 is 0 Å². The Hall–Kier alpha value is -2.34. The van der Waals surface area contributed by atoms with Crippen LogP contribution in [0.4, 0.5) is 18.9 Å². The second kappa shape index (κ2) is 6.62. The summed E-state index contributed by atoms with van der Waals surface area (Å²) in [4.78, 5) is 11.4. The summed E-state index contributed by atoms with van der Waals surface area (Å²) in [6.07, 6.45) is -1.48. The van der Waals surface area contributed by atoms with Gasteiger partial charge in [0.1, 0.15) is 23.6 Å². The maximum Gasteiger partial charge on any atom is 0.164 e. The van der Waals surface area contributed by atoms with Crippen LogP contribution >= 0.6 is 0 Å². The van der Waals surface area contributed by atoms with Gasteiger partial charge in [-0.15, -0.1) is 0 Å². The minimum Gasteiger partial charge on any atom is -0.386 e. The lowest BCUT2D eigenvalue weighted by Crippen LogP contribution is -2.17. The van der Waals surface area contributed by atoms with Gasteiger partial charge in [0.15, 0.2) is 5.78 Å². The fraction of sp³-hybridized carbons (Fsp3) is 0.188. The molecule has 2 N–H and O–H groups in total. The molecular weight excluding hydrogens is 295 g/mol. The first-order valence-electron chi connectivity index (χ1n) is 6.57. The fourth-order valence-electron chi connectivity index (χ4n) is 2.17. The third kappa shape index (κ3) is 3.28. The molecule has 0 saturated carbocycles. The molecule has 0 amide bonds. The number of halogens is 3. The summed E-state index contributed by atoms with van der Waals surface area (Å²) in [5, 5.41) is 12.6. The Morgan fingerprint density at radius 3 is 2.23 bits per heavy atom. The van der Waals surface area contributed by atoms with Crippen LogP contribution in [-0.4, -0.2) is 17.4 Å². The predicted molar refractivity (Wildman–Crippen MR) is 76.2 cm³/mol. The number of Topliss-reactive ketones (excluding diaryl/α,β-unsaturated/α-hetero) is 1. The average molecular weight is 309 g/mol. The summed E-state index contributed by atoms with van der Waals surface area (Å²) >= 11 is 0. The van der Waals surface area contributed by atoms with Crippen molar-refractivity contribution in [3.8, 4) is 0 Å². The topological polar surface area (TPSA) is 49.3 Å². The highest BCUT2D eigenvalue weighted by Crippen LogP contribution is 2.23. The molecule has 0 aliphatic carbocycles. The number of carbonyl (C=O) groups is 1. The van der Waals surface area contributed by atoms with Crippen molar-refractivity contribution in [2.45, 2.75) is 13.0 Å². The summed E-state index contributed by atoms with van der Waals surface area (Å²) < 4.78 is 40.7. The van der Waals surface area contributed by atoms with Gasteiger partial charge < -0.3 is 10.4 Å². The van der Waals surface area contributed by atoms with E-state index in [1.54, 1.807) is 0 Å². The lowest BCUT2D eigenvalue weighted by molar-refractivity contribution is 0.101. The maximum absolute atomic E-state index is 13.6. The van der Waals surface area contributed by atoms with Crippen LogP contribution in [0.5, 0.6) is 0 Å². The third-order valence-electron chi connectivity index (χ3n) is 3.18. The van der Waals surface area contributed by atoms with Gasteiger partial charge in [0.05, 0.1) is 11.1 Å². The van der Waals surface area contributed by atoms with Crippen molar-refractivity contribution >= 4 is 11.5 Å². The molecule has 0 heterocycles. The highest BCUT2D eigenvalue weighted by Gasteiger charge is 2.19. The zero-order chi connectivity index (χ0) is 16.3. The monoisotopic (exact) mass is 309 g/mol. The van der Waals surface area contributed by atoms with E-state index in [0.717, 1.165) is 18.2 Å². The Kier molecular flexibility index (Phi) is 4.82. The summed E-state index contributed by atoms with van der Waals surface area (Å²) in [5.41, 5.74) is -0.484. The first-order chi connectivity index (χ1) is 10.4. The summed E-state index contributed by atoms with van der Waals surface area (Å²) in [7, 11) is 0. The number of hydrogen-bond acceptors (Lipinski definition) is 3. The number of nitrogens with one attached hydrogen (secondary N) is 1. The molecule has 1 unspecified atom stereocenters. The van der Waals surface area contributed by atoms with Crippen LogP contribution in [0.15, 0.2) is 36.4 Å². The fourth-order valence-corrected chi connectivity index (χ4v) is 2.17. The molecule has 116 valence electrons. The number of aliphatic hydroxyl groups excluding tert-OH is 1. The molecule has 2 aromatic rings. The first-order valence-corrected chi connectivity index (χ1v) is 6.57. The normalized spacial score (nSPS) is 12.0. The van der Waals surface area contributed by atoms with Gasteiger partial charge in [0.25, 0.3) is 0 Å². The van der Waals surface area contributed by atoms with Gasteiger partial charge in [0, 0.05) is 12.2 Å². The smallest absolute Gasteiger partial charge is 0.164 e. The van der Waals surface area contributed by atoms with Crippen LogP contribution in [0.3, 0.4) is 0 Å². The molecule has 0 spiro atoms. The van der Waals surface area contributed by atoms with Gasteiger partial charge in [-0.2, -0.15) is 0 Å². The standard InChI is InChI=1S/C16H14F3NO2/c1-9(21)15-10(17)6-3-7-13(15)20-8-14(22)16-11(18)4-2-5-12(16)19/h2-7,14,20,22H,8H2,1H3. The highest BCUT2D eigenvalue weighted by atomic mass is 19.1. The van der Waals surface area contributed by atoms with Crippen LogP contribution < -0.4 is 5.32 Å². The highest BCUT2D eigenvalue weighted by molar-refractivity contribution is 5.99. The van der Waals surface area contributed by atoms with E-state index in [4.69, 9.17) is 0 Å². The van der Waals surface area contributed by atoms with Gasteiger partial charge in [0.2, 0.25) is 0 Å². The van der Waals surface area contributed by atoms with Gasteiger partial charge in [-0.25, -0.2) is 13.2 Å². The Labute approximate surface area is 125 Å². The molecule has 3 nitrogen and oxygen atoms in total. The van der Waals surface area contributed by atoms with Gasteiger partial charge in [-0.1, -0.05) is 12.1 Å². The number of ketones is 1. The molecule has 22 heavy (non-hydrogen) atoms. The molecular formula is C16H14F3NO2. The van der Waals surface area contributed by atoms with Crippen molar-refractivity contribution in [1.82, 2.24) is 0 Å². The van der Waals surface area contributed by atoms with Gasteiger partial charge in [-0.3, -0.25) is 4.79 Å². The van der Waals surface area contributed by atoms with E-state index in [1.165, 1.54) is 25.1 Å². The number of benzene rings is 2. The molecule has 0 aromatic heterocycles. The Morgan fingerprint density at radius 1 is 1.09 bits per heavy atom. The minimum absolute atomic E-state index is 0.156. The molecule has 2 aromatic carbocycles. The van der Waals surface area contributed by atoms with E-state index < -0.39 is 34.9 Å². The van der Waals surface area contributed by atoms with Gasteiger partial charge in [-0.05, 0) is 31.2 Å². The zero-order valence-electron chi connectivity index (χ0n) is 11.7. The van der Waals surface area contributed by atoms with E-state index in [1.807, 2.05) is 0 Å². The quantitative estimate of drug-likeness (QED) is 0.832. The number of carbonyl (C=O) groups excluding carboxylic acids is 1. The number of aliphatic hydroxyl groups is 1. The number of rotatable bonds is 5. The summed E-state index contributed by atoms with van der Waals surface area (Å²) in [5.74, 6) is -2.95. The van der Waals surface area contributed by atoms with E-state index in [9.17, 15) is 23.1 Å². The summed E-state index contributed by atoms with van der Waals surface area (Å²) in [6, 6.07) is 7.23. The van der Waals surface area contributed by atoms with Gasteiger partial charge >= 0.3 is 0 Å². The number of hydrogen-bond donors (Lipinski definition) is 2. The molecule has 2 rings (SSSR count). The molecule has 1 atom stereocenters. The largest absolute Gasteiger partial charge is 0.386 e. The molecule has 0 bridgehead atoms. The Balaban J connectivity index is 2.20. The van der Waals surface area contributed by atoms with Crippen LogP contribution in [0.2, 0.25) is 0 Å². The Morgan fingerprint density at radius 2 is 1.64 bits per heavy atom. The van der Waals surface area contributed by atoms with Crippen molar-refractivity contribution in [2.75, 3.05) is 11.9 Å². The predicted octanol–water partition coefficient (Wildman–Crippen LogP) is 3.45. The molecule has 0 fully saturated rings. The van der Waals surface area contributed by atoms with Crippen LogP contribution in [-0.2, 0) is 0 Å².